The van der Waals surface area contributed by atoms with Crippen molar-refractivity contribution in [3.05, 3.63) is 45.7 Å². The van der Waals surface area contributed by atoms with E-state index in [2.05, 4.69) is 5.10 Å². The van der Waals surface area contributed by atoms with Gasteiger partial charge in [-0.2, -0.15) is 5.10 Å². The molecule has 2 aromatic rings. The summed E-state index contributed by atoms with van der Waals surface area (Å²) in [7, 11) is 1.58. The lowest BCUT2D eigenvalue weighted by Crippen LogP contribution is -2.28. The molecule has 0 spiro atoms. The third-order valence-electron chi connectivity index (χ3n) is 3.59. The van der Waals surface area contributed by atoms with Gasteiger partial charge in [0.2, 0.25) is 0 Å². The van der Waals surface area contributed by atoms with Crippen LogP contribution in [0.4, 0.5) is 0 Å². The number of carbonyl (C=O) groups is 1. The van der Waals surface area contributed by atoms with Gasteiger partial charge in [0, 0.05) is 11.6 Å². The first-order chi connectivity index (χ1) is 10.1. The molecule has 1 heterocycles. The highest BCUT2D eigenvalue weighted by atomic mass is 16.5. The fraction of sp³-hybridized carbons (Fsp3) is 0.267. The number of rotatable bonds is 3. The molecule has 0 fully saturated rings. The number of carboxylic acid groups (broad SMARTS) is 1. The van der Waals surface area contributed by atoms with E-state index in [1.165, 1.54) is 6.07 Å². The van der Waals surface area contributed by atoms with Gasteiger partial charge in [0.1, 0.15) is 12.3 Å². The maximum Gasteiger partial charge on any atom is 0.325 e. The predicted molar refractivity (Wildman–Crippen MR) is 75.5 cm³/mol. The first kappa shape index (κ1) is 13.4. The lowest BCUT2D eigenvalue weighted by atomic mass is 9.89. The third-order valence-corrected chi connectivity index (χ3v) is 3.59. The number of aliphatic carboxylic acids is 1. The van der Waals surface area contributed by atoms with Crippen LogP contribution in [0.5, 0.6) is 5.75 Å². The molecule has 0 amide bonds. The van der Waals surface area contributed by atoms with E-state index in [0.29, 0.717) is 17.9 Å². The maximum atomic E-state index is 11.9. The average Bonchev–Trinajstić information content (AvgIpc) is 2.46. The van der Waals surface area contributed by atoms with Gasteiger partial charge in [-0.3, -0.25) is 9.59 Å². The summed E-state index contributed by atoms with van der Waals surface area (Å²) >= 11 is 0. The van der Waals surface area contributed by atoms with Crippen molar-refractivity contribution in [1.29, 1.82) is 0 Å². The Hall–Kier alpha value is -2.63. The monoisotopic (exact) mass is 286 g/mol. The van der Waals surface area contributed by atoms with Gasteiger partial charge >= 0.3 is 5.97 Å². The Bertz CT molecular complexity index is 765. The van der Waals surface area contributed by atoms with Gasteiger partial charge in [-0.1, -0.05) is 12.1 Å². The minimum Gasteiger partial charge on any atom is -0.496 e. The van der Waals surface area contributed by atoms with E-state index in [-0.39, 0.29) is 0 Å². The number of benzene rings is 1. The normalized spacial score (nSPS) is 12.4. The summed E-state index contributed by atoms with van der Waals surface area (Å²) in [5.74, 6) is -0.415. The smallest absolute Gasteiger partial charge is 0.325 e. The Balaban J connectivity index is 2.23. The van der Waals surface area contributed by atoms with Crippen LogP contribution in [0.2, 0.25) is 0 Å². The van der Waals surface area contributed by atoms with Crippen molar-refractivity contribution < 1.29 is 14.6 Å². The van der Waals surface area contributed by atoms with E-state index < -0.39 is 18.1 Å². The molecule has 1 aromatic heterocycles. The summed E-state index contributed by atoms with van der Waals surface area (Å²) in [5, 5.41) is 13.1. The lowest BCUT2D eigenvalue weighted by Gasteiger charge is -2.21. The summed E-state index contributed by atoms with van der Waals surface area (Å²) in [5.41, 5.74) is 3.01. The first-order valence-electron chi connectivity index (χ1n) is 6.59. The highest BCUT2D eigenvalue weighted by Crippen LogP contribution is 2.37. The van der Waals surface area contributed by atoms with Crippen LogP contribution in [0.15, 0.2) is 29.1 Å². The predicted octanol–water partition coefficient (Wildman–Crippen LogP) is 1.10. The molecule has 0 radical (unpaired) electrons. The molecule has 0 unspecified atom stereocenters. The molecular weight excluding hydrogens is 272 g/mol. The van der Waals surface area contributed by atoms with Crippen LogP contribution in [-0.2, 0) is 24.2 Å². The molecule has 0 bridgehead atoms. The van der Waals surface area contributed by atoms with Crippen LogP contribution < -0.4 is 10.3 Å². The van der Waals surface area contributed by atoms with Gasteiger partial charge < -0.3 is 9.84 Å². The Morgan fingerprint density at radius 2 is 2.14 bits per heavy atom. The van der Waals surface area contributed by atoms with Gasteiger partial charge in [-0.05, 0) is 30.0 Å². The molecule has 1 N–H and O–H groups in total. The second-order valence-electron chi connectivity index (χ2n) is 4.90. The summed E-state index contributed by atoms with van der Waals surface area (Å²) in [4.78, 5) is 22.7. The Kier molecular flexibility index (Phi) is 3.21. The molecule has 6 nitrogen and oxygen atoms in total. The zero-order valence-electron chi connectivity index (χ0n) is 11.5. The molecule has 0 saturated carbocycles. The Morgan fingerprint density at radius 1 is 1.38 bits per heavy atom. The number of carboxylic acids is 1. The van der Waals surface area contributed by atoms with E-state index in [1.54, 1.807) is 7.11 Å². The van der Waals surface area contributed by atoms with Crippen molar-refractivity contribution in [2.75, 3.05) is 7.11 Å². The molecule has 6 heteroatoms. The summed E-state index contributed by atoms with van der Waals surface area (Å²) in [6, 6.07) is 7.22. The van der Waals surface area contributed by atoms with Gasteiger partial charge in [0.25, 0.3) is 5.56 Å². The largest absolute Gasteiger partial charge is 0.496 e. The zero-order valence-corrected chi connectivity index (χ0v) is 11.5. The minimum absolute atomic E-state index is 0.394. The molecule has 21 heavy (non-hydrogen) atoms. The summed E-state index contributed by atoms with van der Waals surface area (Å²) < 4.78 is 6.35. The van der Waals surface area contributed by atoms with Crippen LogP contribution in [0.25, 0.3) is 11.3 Å². The zero-order chi connectivity index (χ0) is 15.0. The van der Waals surface area contributed by atoms with E-state index >= 15 is 0 Å². The molecular formula is C15H14N2O4. The molecule has 108 valence electrons. The number of aryl methyl sites for hydroxylation is 2. The van der Waals surface area contributed by atoms with Crippen molar-refractivity contribution in [2.45, 2.75) is 19.4 Å². The second-order valence-corrected chi connectivity index (χ2v) is 4.90. The van der Waals surface area contributed by atoms with Crippen molar-refractivity contribution in [2.24, 2.45) is 0 Å². The summed E-state index contributed by atoms with van der Waals surface area (Å²) in [6.45, 7) is -0.448. The van der Waals surface area contributed by atoms with Crippen molar-refractivity contribution in [3.63, 3.8) is 0 Å². The highest BCUT2D eigenvalue weighted by Gasteiger charge is 2.23. The number of fused-ring (bicyclic) bond motifs is 3. The van der Waals surface area contributed by atoms with E-state index in [9.17, 15) is 9.59 Å². The number of ether oxygens (including phenoxy) is 1. The standard InChI is InChI=1S/C15H14N2O4/c1-21-11-4-2-3-9-5-6-10-7-12(18)17(8-13(19)20)16-15(10)14(9)11/h2-4,7H,5-6,8H2,1H3,(H,19,20). The van der Waals surface area contributed by atoms with Gasteiger partial charge in [0.05, 0.1) is 12.8 Å². The number of hydrogen-bond acceptors (Lipinski definition) is 4. The Morgan fingerprint density at radius 3 is 2.86 bits per heavy atom. The molecule has 3 rings (SSSR count). The first-order valence-corrected chi connectivity index (χ1v) is 6.59. The molecule has 1 aromatic carbocycles. The Labute approximate surface area is 120 Å². The van der Waals surface area contributed by atoms with Crippen LogP contribution in [0, 0.1) is 0 Å². The molecule has 1 aliphatic carbocycles. The van der Waals surface area contributed by atoms with Gasteiger partial charge in [0.15, 0.2) is 0 Å². The van der Waals surface area contributed by atoms with Gasteiger partial charge in [-0.25, -0.2) is 4.68 Å². The molecule has 0 saturated heterocycles. The topological polar surface area (TPSA) is 81.4 Å². The molecule has 1 aliphatic rings. The maximum absolute atomic E-state index is 11.9. The SMILES string of the molecule is COc1cccc2c1-c1nn(CC(=O)O)c(=O)cc1CC2. The minimum atomic E-state index is -1.10. The van der Waals surface area contributed by atoms with Crippen LogP contribution >= 0.6 is 0 Å². The quantitative estimate of drug-likeness (QED) is 0.913. The van der Waals surface area contributed by atoms with E-state index in [4.69, 9.17) is 9.84 Å². The van der Waals surface area contributed by atoms with Crippen LogP contribution in [-0.4, -0.2) is 28.0 Å². The van der Waals surface area contributed by atoms with Crippen LogP contribution in [0.1, 0.15) is 11.1 Å². The molecule has 0 atom stereocenters. The second kappa shape index (κ2) is 5.05. The van der Waals surface area contributed by atoms with Crippen LogP contribution in [0.3, 0.4) is 0 Å². The number of methoxy groups -OCH3 is 1. The third kappa shape index (κ3) is 2.29. The van der Waals surface area contributed by atoms with E-state index in [0.717, 1.165) is 27.8 Å². The number of aromatic nitrogens is 2. The van der Waals surface area contributed by atoms with Crippen molar-refractivity contribution >= 4 is 5.97 Å². The lowest BCUT2D eigenvalue weighted by molar-refractivity contribution is -0.138. The molecule has 0 aliphatic heterocycles. The highest BCUT2D eigenvalue weighted by molar-refractivity contribution is 5.75. The average molecular weight is 286 g/mol. The number of nitrogens with zero attached hydrogens (tertiary/aromatic N) is 2. The van der Waals surface area contributed by atoms with Crippen molar-refractivity contribution in [1.82, 2.24) is 9.78 Å². The fourth-order valence-corrected chi connectivity index (χ4v) is 2.66. The number of hydrogen-bond donors (Lipinski definition) is 1. The van der Waals surface area contributed by atoms with E-state index in [1.807, 2.05) is 18.2 Å². The summed E-state index contributed by atoms with van der Waals surface area (Å²) in [6.07, 6.45) is 1.52. The van der Waals surface area contributed by atoms with Crippen molar-refractivity contribution in [3.8, 4) is 17.0 Å². The van der Waals surface area contributed by atoms with Gasteiger partial charge in [-0.15, -0.1) is 0 Å². The fourth-order valence-electron chi connectivity index (χ4n) is 2.66.